The van der Waals surface area contributed by atoms with Crippen LogP contribution in [0.15, 0.2) is 22.7 Å². The molecule has 2 aromatic rings. The van der Waals surface area contributed by atoms with Gasteiger partial charge in [-0.1, -0.05) is 11.2 Å². The standard InChI is InChI=1S/C10H12N4O/c1-6-4-3-5-8(12-6)10-13-9(7(2)11)14-15-10/h3-5,7H,11H2,1-2H3. The molecule has 0 aromatic carbocycles. The zero-order valence-electron chi connectivity index (χ0n) is 8.64. The van der Waals surface area contributed by atoms with Crippen LogP contribution in [0.2, 0.25) is 0 Å². The third-order valence-electron chi connectivity index (χ3n) is 1.96. The number of hydrogen-bond donors (Lipinski definition) is 1. The molecular weight excluding hydrogens is 192 g/mol. The molecule has 0 aliphatic rings. The van der Waals surface area contributed by atoms with E-state index in [1.165, 1.54) is 0 Å². The van der Waals surface area contributed by atoms with E-state index in [1.54, 1.807) is 6.92 Å². The van der Waals surface area contributed by atoms with E-state index in [0.29, 0.717) is 17.4 Å². The van der Waals surface area contributed by atoms with Crippen LogP contribution in [0.25, 0.3) is 11.6 Å². The average molecular weight is 204 g/mol. The fraction of sp³-hybridized carbons (Fsp3) is 0.300. The van der Waals surface area contributed by atoms with Gasteiger partial charge in [0.2, 0.25) is 0 Å². The summed E-state index contributed by atoms with van der Waals surface area (Å²) in [5, 5.41) is 3.77. The maximum atomic E-state index is 5.63. The Morgan fingerprint density at radius 2 is 2.13 bits per heavy atom. The number of pyridine rings is 1. The molecule has 0 bridgehead atoms. The van der Waals surface area contributed by atoms with Crippen molar-refractivity contribution in [3.8, 4) is 11.6 Å². The second kappa shape index (κ2) is 3.78. The lowest BCUT2D eigenvalue weighted by Crippen LogP contribution is -2.06. The Kier molecular flexibility index (Phi) is 2.47. The van der Waals surface area contributed by atoms with Gasteiger partial charge in [0, 0.05) is 5.69 Å². The zero-order chi connectivity index (χ0) is 10.8. The molecule has 0 spiro atoms. The fourth-order valence-corrected chi connectivity index (χ4v) is 1.19. The van der Waals surface area contributed by atoms with Crippen molar-refractivity contribution in [2.45, 2.75) is 19.9 Å². The highest BCUT2D eigenvalue weighted by Gasteiger charge is 2.12. The largest absolute Gasteiger partial charge is 0.332 e. The summed E-state index contributed by atoms with van der Waals surface area (Å²) >= 11 is 0. The third kappa shape index (κ3) is 2.02. The molecule has 1 unspecified atom stereocenters. The van der Waals surface area contributed by atoms with Gasteiger partial charge < -0.3 is 10.3 Å². The van der Waals surface area contributed by atoms with Gasteiger partial charge in [-0.3, -0.25) is 0 Å². The molecule has 0 saturated carbocycles. The fourth-order valence-electron chi connectivity index (χ4n) is 1.19. The number of nitrogens with two attached hydrogens (primary N) is 1. The Labute approximate surface area is 87.3 Å². The molecule has 2 rings (SSSR count). The van der Waals surface area contributed by atoms with Gasteiger partial charge in [-0.2, -0.15) is 4.98 Å². The summed E-state index contributed by atoms with van der Waals surface area (Å²) in [4.78, 5) is 8.43. The minimum Gasteiger partial charge on any atom is -0.332 e. The van der Waals surface area contributed by atoms with E-state index in [4.69, 9.17) is 10.3 Å². The van der Waals surface area contributed by atoms with Crippen LogP contribution in [0.3, 0.4) is 0 Å². The van der Waals surface area contributed by atoms with Gasteiger partial charge in [0.1, 0.15) is 5.69 Å². The Morgan fingerprint density at radius 1 is 1.33 bits per heavy atom. The predicted octanol–water partition coefficient (Wildman–Crippen LogP) is 1.46. The van der Waals surface area contributed by atoms with Crippen LogP contribution in [0.5, 0.6) is 0 Å². The lowest BCUT2D eigenvalue weighted by Gasteiger charge is -1.95. The van der Waals surface area contributed by atoms with Crippen molar-refractivity contribution in [1.29, 1.82) is 0 Å². The van der Waals surface area contributed by atoms with Crippen LogP contribution < -0.4 is 5.73 Å². The van der Waals surface area contributed by atoms with E-state index in [0.717, 1.165) is 5.69 Å². The van der Waals surface area contributed by atoms with E-state index in [9.17, 15) is 0 Å². The molecule has 2 aromatic heterocycles. The van der Waals surface area contributed by atoms with Crippen molar-refractivity contribution in [2.75, 3.05) is 0 Å². The summed E-state index contributed by atoms with van der Waals surface area (Å²) in [6.45, 7) is 3.71. The maximum Gasteiger partial charge on any atom is 0.276 e. The van der Waals surface area contributed by atoms with Crippen LogP contribution in [0.1, 0.15) is 24.5 Å². The first kappa shape index (κ1) is 9.79. The van der Waals surface area contributed by atoms with Crippen LogP contribution in [-0.2, 0) is 0 Å². The summed E-state index contributed by atoms with van der Waals surface area (Å²) < 4.78 is 5.06. The smallest absolute Gasteiger partial charge is 0.276 e. The minimum absolute atomic E-state index is 0.229. The topological polar surface area (TPSA) is 77.8 Å². The third-order valence-corrected chi connectivity index (χ3v) is 1.96. The number of nitrogens with zero attached hydrogens (tertiary/aromatic N) is 3. The van der Waals surface area contributed by atoms with Gasteiger partial charge in [0.25, 0.3) is 5.89 Å². The molecule has 0 fully saturated rings. The molecule has 0 saturated heterocycles. The molecule has 0 radical (unpaired) electrons. The highest BCUT2D eigenvalue weighted by Crippen LogP contribution is 2.16. The molecule has 0 amide bonds. The summed E-state index contributed by atoms with van der Waals surface area (Å²) in [5.74, 6) is 0.902. The normalized spacial score (nSPS) is 12.7. The van der Waals surface area contributed by atoms with E-state index in [1.807, 2.05) is 25.1 Å². The second-order valence-electron chi connectivity index (χ2n) is 3.41. The molecule has 2 heterocycles. The second-order valence-corrected chi connectivity index (χ2v) is 3.41. The van der Waals surface area contributed by atoms with Gasteiger partial charge in [0.15, 0.2) is 5.82 Å². The van der Waals surface area contributed by atoms with Crippen molar-refractivity contribution in [3.63, 3.8) is 0 Å². The maximum absolute atomic E-state index is 5.63. The monoisotopic (exact) mass is 204 g/mol. The molecule has 5 nitrogen and oxygen atoms in total. The van der Waals surface area contributed by atoms with Crippen LogP contribution >= 0.6 is 0 Å². The van der Waals surface area contributed by atoms with Crippen molar-refractivity contribution in [3.05, 3.63) is 29.7 Å². The Bertz CT molecular complexity index is 464. The molecule has 78 valence electrons. The SMILES string of the molecule is Cc1cccc(-c2nc(C(C)N)no2)n1. The van der Waals surface area contributed by atoms with E-state index in [-0.39, 0.29) is 6.04 Å². The highest BCUT2D eigenvalue weighted by molar-refractivity contribution is 5.46. The molecule has 2 N–H and O–H groups in total. The minimum atomic E-state index is -0.229. The predicted molar refractivity (Wildman–Crippen MR) is 54.9 cm³/mol. The van der Waals surface area contributed by atoms with E-state index in [2.05, 4.69) is 15.1 Å². The van der Waals surface area contributed by atoms with Crippen molar-refractivity contribution >= 4 is 0 Å². The zero-order valence-corrected chi connectivity index (χ0v) is 8.64. The van der Waals surface area contributed by atoms with Gasteiger partial charge in [-0.05, 0) is 26.0 Å². The van der Waals surface area contributed by atoms with E-state index >= 15 is 0 Å². The first-order valence-electron chi connectivity index (χ1n) is 4.70. The summed E-state index contributed by atoms with van der Waals surface area (Å²) in [7, 11) is 0. The highest BCUT2D eigenvalue weighted by atomic mass is 16.5. The number of aryl methyl sites for hydroxylation is 1. The summed E-state index contributed by atoms with van der Waals surface area (Å²) in [6.07, 6.45) is 0. The van der Waals surface area contributed by atoms with Crippen LogP contribution in [-0.4, -0.2) is 15.1 Å². The van der Waals surface area contributed by atoms with Crippen molar-refractivity contribution in [1.82, 2.24) is 15.1 Å². The summed E-state index contributed by atoms with van der Waals surface area (Å²) in [6, 6.07) is 5.40. The first-order valence-corrected chi connectivity index (χ1v) is 4.70. The van der Waals surface area contributed by atoms with Gasteiger partial charge in [-0.25, -0.2) is 4.98 Å². The first-order chi connectivity index (χ1) is 7.16. The Hall–Kier alpha value is -1.75. The van der Waals surface area contributed by atoms with Crippen molar-refractivity contribution in [2.24, 2.45) is 5.73 Å². The number of rotatable bonds is 2. The molecule has 0 aliphatic carbocycles. The molecule has 5 heteroatoms. The quantitative estimate of drug-likeness (QED) is 0.801. The molecule has 1 atom stereocenters. The van der Waals surface area contributed by atoms with E-state index < -0.39 is 0 Å². The number of hydrogen-bond acceptors (Lipinski definition) is 5. The molecule has 0 aliphatic heterocycles. The van der Waals surface area contributed by atoms with Gasteiger partial charge in [-0.15, -0.1) is 0 Å². The Balaban J connectivity index is 2.37. The summed E-state index contributed by atoms with van der Waals surface area (Å²) in [5.41, 5.74) is 7.22. The number of aromatic nitrogens is 3. The lowest BCUT2D eigenvalue weighted by molar-refractivity contribution is 0.417. The average Bonchev–Trinajstić information content (AvgIpc) is 2.66. The van der Waals surface area contributed by atoms with Gasteiger partial charge >= 0.3 is 0 Å². The molecule has 15 heavy (non-hydrogen) atoms. The van der Waals surface area contributed by atoms with Crippen LogP contribution in [0.4, 0.5) is 0 Å². The Morgan fingerprint density at radius 3 is 2.73 bits per heavy atom. The van der Waals surface area contributed by atoms with Crippen molar-refractivity contribution < 1.29 is 4.52 Å². The molecular formula is C10H12N4O. The van der Waals surface area contributed by atoms with Crippen LogP contribution in [0, 0.1) is 6.92 Å². The van der Waals surface area contributed by atoms with Gasteiger partial charge in [0.05, 0.1) is 6.04 Å². The lowest BCUT2D eigenvalue weighted by atomic mass is 10.3.